The Kier molecular flexibility index (Phi) is 5.92. The first-order valence-corrected chi connectivity index (χ1v) is 8.15. The van der Waals surface area contributed by atoms with Gasteiger partial charge in [0, 0.05) is 18.1 Å². The molecule has 0 bridgehead atoms. The molecule has 0 atom stereocenters. The van der Waals surface area contributed by atoms with E-state index in [2.05, 4.69) is 10.4 Å². The van der Waals surface area contributed by atoms with Crippen molar-refractivity contribution in [2.24, 2.45) is 0 Å². The second-order valence-electron chi connectivity index (χ2n) is 5.23. The highest BCUT2D eigenvalue weighted by Gasteiger charge is 2.19. The predicted molar refractivity (Wildman–Crippen MR) is 92.0 cm³/mol. The quantitative estimate of drug-likeness (QED) is 0.857. The molecule has 0 aliphatic rings. The van der Waals surface area contributed by atoms with Gasteiger partial charge in [0.1, 0.15) is 0 Å². The third kappa shape index (κ3) is 3.73. The van der Waals surface area contributed by atoms with Crippen LogP contribution in [0.3, 0.4) is 0 Å². The van der Waals surface area contributed by atoms with E-state index in [0.717, 1.165) is 15.7 Å². The van der Waals surface area contributed by atoms with Gasteiger partial charge >= 0.3 is 5.69 Å². The molecule has 2 rings (SSSR count). The predicted octanol–water partition coefficient (Wildman–Crippen LogP) is 1.60. The van der Waals surface area contributed by atoms with Gasteiger partial charge < -0.3 is 5.32 Å². The van der Waals surface area contributed by atoms with Crippen LogP contribution < -0.4 is 16.6 Å². The Balaban J connectivity index is 2.64. The summed E-state index contributed by atoms with van der Waals surface area (Å²) in [5.74, 6) is -0.589. The molecule has 1 aromatic heterocycles. The SMILES string of the molecule is CCCNC(=O)c1nn(-c2ccc(Cl)cc2)c(=O)n(CCC)c1=O. The van der Waals surface area contributed by atoms with Crippen molar-refractivity contribution in [2.45, 2.75) is 33.2 Å². The van der Waals surface area contributed by atoms with Crippen LogP contribution >= 0.6 is 11.6 Å². The van der Waals surface area contributed by atoms with Gasteiger partial charge in [-0.15, -0.1) is 0 Å². The van der Waals surface area contributed by atoms with Gasteiger partial charge in [0.05, 0.1) is 5.69 Å². The summed E-state index contributed by atoms with van der Waals surface area (Å²) < 4.78 is 2.08. The molecule has 24 heavy (non-hydrogen) atoms. The average Bonchev–Trinajstić information content (AvgIpc) is 2.57. The van der Waals surface area contributed by atoms with Crippen LogP contribution in [0.5, 0.6) is 0 Å². The van der Waals surface area contributed by atoms with Crippen molar-refractivity contribution in [1.29, 1.82) is 0 Å². The Morgan fingerprint density at radius 1 is 1.17 bits per heavy atom. The fraction of sp³-hybridized carbons (Fsp3) is 0.375. The van der Waals surface area contributed by atoms with Gasteiger partial charge in [0.15, 0.2) is 0 Å². The molecule has 2 aromatic rings. The summed E-state index contributed by atoms with van der Waals surface area (Å²) >= 11 is 5.86. The van der Waals surface area contributed by atoms with Crippen molar-refractivity contribution in [1.82, 2.24) is 19.7 Å². The van der Waals surface area contributed by atoms with E-state index in [-0.39, 0.29) is 12.2 Å². The maximum absolute atomic E-state index is 12.6. The Hall–Kier alpha value is -2.41. The smallest absolute Gasteiger partial charge is 0.350 e. The summed E-state index contributed by atoms with van der Waals surface area (Å²) in [5.41, 5.74) is -1.14. The van der Waals surface area contributed by atoms with Crippen LogP contribution in [0.15, 0.2) is 33.9 Å². The molecule has 1 heterocycles. The molecule has 0 saturated heterocycles. The number of carbonyl (C=O) groups is 1. The number of nitrogens with one attached hydrogen (secondary N) is 1. The second-order valence-corrected chi connectivity index (χ2v) is 5.67. The zero-order chi connectivity index (χ0) is 17.7. The fourth-order valence-electron chi connectivity index (χ4n) is 2.15. The number of halogens is 1. The molecule has 0 fully saturated rings. The number of rotatable bonds is 6. The first-order valence-electron chi connectivity index (χ1n) is 7.77. The molecule has 0 radical (unpaired) electrons. The number of hydrogen-bond acceptors (Lipinski definition) is 4. The summed E-state index contributed by atoms with van der Waals surface area (Å²) in [6.07, 6.45) is 1.31. The standard InChI is InChI=1S/C16H19ClN4O3/c1-3-9-18-14(22)13-15(23)20(10-4-2)16(24)21(19-13)12-7-5-11(17)6-8-12/h5-8H,3-4,9-10H2,1-2H3,(H,18,22). The molecule has 128 valence electrons. The molecule has 0 aliphatic heterocycles. The molecule has 1 N–H and O–H groups in total. The molecule has 0 saturated carbocycles. The van der Waals surface area contributed by atoms with Crippen LogP contribution in [0.1, 0.15) is 37.2 Å². The maximum Gasteiger partial charge on any atom is 0.352 e. The van der Waals surface area contributed by atoms with E-state index >= 15 is 0 Å². The summed E-state index contributed by atoms with van der Waals surface area (Å²) in [4.78, 5) is 37.2. The summed E-state index contributed by atoms with van der Waals surface area (Å²) in [6.45, 7) is 4.38. The highest BCUT2D eigenvalue weighted by atomic mass is 35.5. The highest BCUT2D eigenvalue weighted by Crippen LogP contribution is 2.11. The molecular formula is C16H19ClN4O3. The maximum atomic E-state index is 12.6. The monoisotopic (exact) mass is 350 g/mol. The Bertz CT molecular complexity index is 840. The summed E-state index contributed by atoms with van der Waals surface area (Å²) in [6, 6.07) is 6.42. The van der Waals surface area contributed by atoms with Gasteiger partial charge in [-0.3, -0.25) is 14.2 Å². The first-order chi connectivity index (χ1) is 11.5. The van der Waals surface area contributed by atoms with Gasteiger partial charge in [0.2, 0.25) is 5.69 Å². The van der Waals surface area contributed by atoms with E-state index < -0.39 is 17.2 Å². The van der Waals surface area contributed by atoms with E-state index in [1.165, 1.54) is 0 Å². The van der Waals surface area contributed by atoms with E-state index in [1.54, 1.807) is 24.3 Å². The Morgan fingerprint density at radius 2 is 1.83 bits per heavy atom. The minimum absolute atomic E-state index is 0.210. The van der Waals surface area contributed by atoms with Gasteiger partial charge in [-0.25, -0.2) is 4.79 Å². The second kappa shape index (κ2) is 7.92. The molecule has 0 spiro atoms. The largest absolute Gasteiger partial charge is 0.352 e. The lowest BCUT2D eigenvalue weighted by molar-refractivity contribution is 0.0943. The number of benzene rings is 1. The van der Waals surface area contributed by atoms with Crippen LogP contribution in [0.4, 0.5) is 0 Å². The van der Waals surface area contributed by atoms with Gasteiger partial charge in [-0.05, 0) is 37.1 Å². The van der Waals surface area contributed by atoms with Crippen LogP contribution in [-0.4, -0.2) is 26.8 Å². The lowest BCUT2D eigenvalue weighted by Crippen LogP contribution is -2.45. The normalized spacial score (nSPS) is 10.6. The van der Waals surface area contributed by atoms with Crippen molar-refractivity contribution >= 4 is 17.5 Å². The number of carbonyl (C=O) groups excluding carboxylic acids is 1. The summed E-state index contributed by atoms with van der Waals surface area (Å²) in [5, 5.41) is 7.11. The minimum Gasteiger partial charge on any atom is -0.350 e. The molecule has 0 aliphatic carbocycles. The van der Waals surface area contributed by atoms with Crippen molar-refractivity contribution in [3.05, 3.63) is 55.8 Å². The van der Waals surface area contributed by atoms with Gasteiger partial charge in [0.25, 0.3) is 11.5 Å². The van der Waals surface area contributed by atoms with Gasteiger partial charge in [-0.2, -0.15) is 9.78 Å². The van der Waals surface area contributed by atoms with E-state index in [1.807, 2.05) is 13.8 Å². The molecular weight excluding hydrogens is 332 g/mol. The molecule has 1 amide bonds. The molecule has 8 heteroatoms. The first kappa shape index (κ1) is 17.9. The lowest BCUT2D eigenvalue weighted by atomic mass is 10.3. The molecule has 1 aromatic carbocycles. The number of nitrogens with zero attached hydrogens (tertiary/aromatic N) is 3. The number of aromatic nitrogens is 3. The zero-order valence-electron chi connectivity index (χ0n) is 13.6. The van der Waals surface area contributed by atoms with Crippen LogP contribution in [-0.2, 0) is 6.54 Å². The minimum atomic E-state index is -0.680. The highest BCUT2D eigenvalue weighted by molar-refractivity contribution is 6.30. The third-order valence-corrected chi connectivity index (χ3v) is 3.58. The van der Waals surface area contributed by atoms with Crippen molar-refractivity contribution in [3.8, 4) is 5.69 Å². The van der Waals surface area contributed by atoms with Crippen molar-refractivity contribution in [3.63, 3.8) is 0 Å². The number of amides is 1. The van der Waals surface area contributed by atoms with Crippen LogP contribution in [0, 0.1) is 0 Å². The lowest BCUT2D eigenvalue weighted by Gasteiger charge is -2.11. The molecule has 7 nitrogen and oxygen atoms in total. The zero-order valence-corrected chi connectivity index (χ0v) is 14.3. The van der Waals surface area contributed by atoms with Gasteiger partial charge in [-0.1, -0.05) is 25.4 Å². The molecule has 0 unspecified atom stereocenters. The Morgan fingerprint density at radius 3 is 2.42 bits per heavy atom. The average molecular weight is 351 g/mol. The van der Waals surface area contributed by atoms with Crippen molar-refractivity contribution < 1.29 is 4.79 Å². The third-order valence-electron chi connectivity index (χ3n) is 3.33. The number of hydrogen-bond donors (Lipinski definition) is 1. The van der Waals surface area contributed by atoms with Crippen LogP contribution in [0.25, 0.3) is 5.69 Å². The van der Waals surface area contributed by atoms with Crippen molar-refractivity contribution in [2.75, 3.05) is 6.54 Å². The summed E-state index contributed by atoms with van der Waals surface area (Å²) in [7, 11) is 0. The fourth-order valence-corrected chi connectivity index (χ4v) is 2.28. The topological polar surface area (TPSA) is 86.0 Å². The van der Waals surface area contributed by atoms with Crippen LogP contribution in [0.2, 0.25) is 5.02 Å². The van der Waals surface area contributed by atoms with E-state index in [0.29, 0.717) is 23.7 Å². The Labute approximate surface area is 143 Å². The van der Waals surface area contributed by atoms with E-state index in [4.69, 9.17) is 11.6 Å². The van der Waals surface area contributed by atoms with E-state index in [9.17, 15) is 14.4 Å².